The summed E-state index contributed by atoms with van der Waals surface area (Å²) in [7, 11) is -3.35. The largest absolute Gasteiger partial charge is 0.309 e. The SMILES string of the molecule is Cc1ccccc1N(c1ccc([Si](C)(C)C)cc1-c1ccccc1)c1ccc2c3cc4c(cc3n3c5ccccc5c1c23)c1ccc(N(c2ccccc2C)c2ccc([Si](C)(C)C)cc2-c2ccccc2)c2c3ccccc3n4c12. The first kappa shape index (κ1) is 48.2. The third-order valence-electron chi connectivity index (χ3n) is 17.3. The minimum atomic E-state index is -1.68. The summed E-state index contributed by atoms with van der Waals surface area (Å²) in [5.41, 5.74) is 21.8. The fraction of sp³-hybridized carbons (Fsp3) is 0.108. The maximum Gasteiger partial charge on any atom is 0.0776 e. The molecule has 386 valence electrons. The van der Waals surface area contributed by atoms with E-state index in [-0.39, 0.29) is 0 Å². The van der Waals surface area contributed by atoms with Crippen LogP contribution in [0.4, 0.5) is 34.1 Å². The molecule has 0 fully saturated rings. The summed E-state index contributed by atoms with van der Waals surface area (Å²) < 4.78 is 5.15. The van der Waals surface area contributed by atoms with Crippen LogP contribution in [-0.2, 0) is 0 Å². The van der Waals surface area contributed by atoms with Gasteiger partial charge >= 0.3 is 0 Å². The van der Waals surface area contributed by atoms with Crippen molar-refractivity contribution < 1.29 is 0 Å². The van der Waals surface area contributed by atoms with Gasteiger partial charge < -0.3 is 18.6 Å². The highest BCUT2D eigenvalue weighted by Crippen LogP contribution is 2.53. The zero-order chi connectivity index (χ0) is 54.3. The average Bonchev–Trinajstić information content (AvgIpc) is 2.89. The Hall–Kier alpha value is -8.95. The lowest BCUT2D eigenvalue weighted by Gasteiger charge is -2.31. The zero-order valence-corrected chi connectivity index (χ0v) is 48.7. The molecular weight excluding hydrogens is 1000 g/mol. The zero-order valence-electron chi connectivity index (χ0n) is 46.7. The molecule has 4 aromatic heterocycles. The standard InChI is InChI=1S/C74H62N4Si2/c1-47-23-15-19-31-61(47)75(65-39-35-51(79(3,4)5)43-57(65)49-25-11-9-12-26-49)67-41-37-53-59-45-70-60(46-69(59)77-63-33-21-17-29-55(63)71(67)73(53)77)54-38-42-68(72-56-30-18-22-34-64(56)78(70)74(54)72)76(62-32-20-16-24-48(62)2)66-40-36-52(80(6,7)8)44-58(66)50-27-13-10-14-28-50/h9-46H,1-8H3. The molecule has 4 nitrogen and oxygen atoms in total. The molecule has 0 aliphatic heterocycles. The van der Waals surface area contributed by atoms with Crippen molar-refractivity contribution in [2.45, 2.75) is 53.1 Å². The molecule has 0 bridgehead atoms. The Balaban J connectivity index is 1.01. The minimum Gasteiger partial charge on any atom is -0.309 e. The molecule has 6 heteroatoms. The van der Waals surface area contributed by atoms with Crippen LogP contribution in [0.5, 0.6) is 0 Å². The molecule has 0 saturated heterocycles. The van der Waals surface area contributed by atoms with E-state index in [1.54, 1.807) is 0 Å². The smallest absolute Gasteiger partial charge is 0.0776 e. The van der Waals surface area contributed by atoms with E-state index in [1.807, 2.05) is 0 Å². The van der Waals surface area contributed by atoms with Gasteiger partial charge in [0.2, 0.25) is 0 Å². The number of nitrogens with zero attached hydrogens (tertiary/aromatic N) is 4. The van der Waals surface area contributed by atoms with Crippen molar-refractivity contribution in [2.24, 2.45) is 0 Å². The van der Waals surface area contributed by atoms with Gasteiger partial charge in [0.15, 0.2) is 0 Å². The van der Waals surface area contributed by atoms with Crippen LogP contribution in [0.3, 0.4) is 0 Å². The van der Waals surface area contributed by atoms with Crippen molar-refractivity contribution in [1.82, 2.24) is 8.80 Å². The lowest BCUT2D eigenvalue weighted by molar-refractivity contribution is 1.26. The average molecular weight is 1060 g/mol. The fourth-order valence-electron chi connectivity index (χ4n) is 13.3. The van der Waals surface area contributed by atoms with E-state index in [4.69, 9.17) is 0 Å². The number of aryl methyl sites for hydroxylation is 2. The molecule has 15 rings (SSSR count). The summed E-state index contributed by atoms with van der Waals surface area (Å²) in [5, 5.41) is 12.9. The fourth-order valence-corrected chi connectivity index (χ4v) is 15.7. The maximum absolute atomic E-state index is 2.58. The van der Waals surface area contributed by atoms with Gasteiger partial charge in [-0.05, 0) is 96.8 Å². The van der Waals surface area contributed by atoms with Crippen molar-refractivity contribution in [3.8, 4) is 22.3 Å². The molecule has 0 unspecified atom stereocenters. The van der Waals surface area contributed by atoms with Crippen LogP contribution < -0.4 is 20.2 Å². The Labute approximate surface area is 469 Å². The molecule has 15 aromatic rings. The monoisotopic (exact) mass is 1060 g/mol. The first-order valence-corrected chi connectivity index (χ1v) is 35.3. The lowest BCUT2D eigenvalue weighted by Crippen LogP contribution is -2.37. The topological polar surface area (TPSA) is 15.3 Å². The number of para-hydroxylation sites is 4. The number of rotatable bonds is 10. The summed E-state index contributed by atoms with van der Waals surface area (Å²) in [6.07, 6.45) is 0. The van der Waals surface area contributed by atoms with Gasteiger partial charge in [0.1, 0.15) is 0 Å². The van der Waals surface area contributed by atoms with E-state index >= 15 is 0 Å². The van der Waals surface area contributed by atoms with Crippen molar-refractivity contribution in [2.75, 3.05) is 9.80 Å². The molecule has 0 N–H and O–H groups in total. The molecule has 11 aromatic carbocycles. The number of hydrogen-bond donors (Lipinski definition) is 0. The third kappa shape index (κ3) is 7.18. The highest BCUT2D eigenvalue weighted by molar-refractivity contribution is 6.89. The van der Waals surface area contributed by atoms with Crippen molar-refractivity contribution in [1.29, 1.82) is 0 Å². The molecular formula is C74H62N4Si2. The quantitative estimate of drug-likeness (QED) is 0.127. The summed E-state index contributed by atoms with van der Waals surface area (Å²) in [5.74, 6) is 0. The normalized spacial score (nSPS) is 12.5. The molecule has 0 amide bonds. The minimum absolute atomic E-state index is 1.17. The predicted octanol–water partition coefficient (Wildman–Crippen LogP) is 20.0. The Morgan fingerprint density at radius 2 is 0.650 bits per heavy atom. The first-order valence-electron chi connectivity index (χ1n) is 28.3. The van der Waals surface area contributed by atoms with E-state index in [9.17, 15) is 0 Å². The van der Waals surface area contributed by atoms with Crippen LogP contribution >= 0.6 is 0 Å². The molecule has 0 aliphatic carbocycles. The van der Waals surface area contributed by atoms with Crippen LogP contribution in [-0.4, -0.2) is 24.9 Å². The van der Waals surface area contributed by atoms with Gasteiger partial charge in [0, 0.05) is 65.6 Å². The molecule has 80 heavy (non-hydrogen) atoms. The number of aromatic nitrogens is 2. The first-order chi connectivity index (χ1) is 38.8. The molecule has 4 heterocycles. The Kier molecular flexibility index (Phi) is 10.7. The second kappa shape index (κ2) is 17.8. The summed E-state index contributed by atoms with van der Waals surface area (Å²) >= 11 is 0. The van der Waals surface area contributed by atoms with Crippen molar-refractivity contribution in [3.05, 3.63) is 242 Å². The molecule has 0 saturated carbocycles. The number of benzene rings is 11. The number of anilines is 6. The summed E-state index contributed by atoms with van der Waals surface area (Å²) in [6, 6.07) is 87.2. The van der Waals surface area contributed by atoms with E-state index in [0.29, 0.717) is 0 Å². The second-order valence-corrected chi connectivity index (χ2v) is 34.4. The van der Waals surface area contributed by atoms with E-state index in [2.05, 4.69) is 302 Å². The number of hydrogen-bond acceptors (Lipinski definition) is 2. The third-order valence-corrected chi connectivity index (χ3v) is 21.4. The molecule has 0 aliphatic rings. The van der Waals surface area contributed by atoms with Gasteiger partial charge in [0.05, 0.1) is 72.0 Å². The molecule has 0 atom stereocenters. The van der Waals surface area contributed by atoms with Gasteiger partial charge in [-0.15, -0.1) is 0 Å². The molecule has 0 radical (unpaired) electrons. The summed E-state index contributed by atoms with van der Waals surface area (Å²) in [6.45, 7) is 19.2. The highest BCUT2D eigenvalue weighted by atomic mass is 28.3. The van der Waals surface area contributed by atoms with Crippen LogP contribution in [0, 0.1) is 13.8 Å². The van der Waals surface area contributed by atoms with Crippen LogP contribution in [0.1, 0.15) is 11.1 Å². The van der Waals surface area contributed by atoms with Gasteiger partial charge in [-0.3, -0.25) is 0 Å². The number of fused-ring (bicyclic) bond motifs is 12. The predicted molar refractivity (Wildman–Crippen MR) is 351 cm³/mol. The van der Waals surface area contributed by atoms with Gasteiger partial charge in [0.25, 0.3) is 0 Å². The van der Waals surface area contributed by atoms with Gasteiger partial charge in [-0.25, -0.2) is 0 Å². The van der Waals surface area contributed by atoms with E-state index < -0.39 is 16.1 Å². The van der Waals surface area contributed by atoms with Crippen LogP contribution in [0.15, 0.2) is 231 Å². The Morgan fingerprint density at radius 1 is 0.287 bits per heavy atom. The van der Waals surface area contributed by atoms with Gasteiger partial charge in [-0.1, -0.05) is 220 Å². The summed E-state index contributed by atoms with van der Waals surface area (Å²) in [4.78, 5) is 5.12. The highest BCUT2D eigenvalue weighted by Gasteiger charge is 2.31. The second-order valence-electron chi connectivity index (χ2n) is 24.2. The van der Waals surface area contributed by atoms with E-state index in [1.165, 1.54) is 154 Å². The van der Waals surface area contributed by atoms with E-state index in [0.717, 1.165) is 0 Å². The van der Waals surface area contributed by atoms with Crippen LogP contribution in [0.2, 0.25) is 39.3 Å². The lowest BCUT2D eigenvalue weighted by atomic mass is 9.99. The Morgan fingerprint density at radius 3 is 1.05 bits per heavy atom. The molecule has 0 spiro atoms. The maximum atomic E-state index is 2.58. The van der Waals surface area contributed by atoms with Gasteiger partial charge in [-0.2, -0.15) is 0 Å². The Bertz CT molecular complexity index is 4630. The van der Waals surface area contributed by atoms with Crippen molar-refractivity contribution >= 4 is 137 Å². The van der Waals surface area contributed by atoms with Crippen molar-refractivity contribution in [3.63, 3.8) is 0 Å². The van der Waals surface area contributed by atoms with Crippen LogP contribution in [0.25, 0.3) is 98.4 Å².